The molecule has 0 aliphatic carbocycles. The molecule has 0 aromatic carbocycles. The van der Waals surface area contributed by atoms with E-state index in [2.05, 4.69) is 33.8 Å². The van der Waals surface area contributed by atoms with Gasteiger partial charge in [-0.1, -0.05) is 6.92 Å². The number of nitrogens with one attached hydrogen (secondary N) is 1. The number of carbonyl (C=O) groups is 1. The van der Waals surface area contributed by atoms with Gasteiger partial charge in [-0.2, -0.15) is 0 Å². The number of thiophene rings is 1. The van der Waals surface area contributed by atoms with Crippen molar-refractivity contribution in [2.45, 2.75) is 26.3 Å². The number of aromatic nitrogens is 3. The molecule has 3 aromatic rings. The molecule has 2 unspecified atom stereocenters. The highest BCUT2D eigenvalue weighted by Gasteiger charge is 2.33. The first kappa shape index (κ1) is 17.0. The molecule has 7 heteroatoms. The van der Waals surface area contributed by atoms with E-state index in [1.165, 1.54) is 4.88 Å². The summed E-state index contributed by atoms with van der Waals surface area (Å²) in [6, 6.07) is 6.18. The second-order valence-corrected chi connectivity index (χ2v) is 8.33. The number of H-pyrrole nitrogens is 1. The fourth-order valence-electron chi connectivity index (χ4n) is 3.74. The summed E-state index contributed by atoms with van der Waals surface area (Å²) in [6.07, 6.45) is 4.47. The van der Waals surface area contributed by atoms with Crippen molar-refractivity contribution >= 4 is 34.1 Å². The van der Waals surface area contributed by atoms with Crippen molar-refractivity contribution in [3.05, 3.63) is 40.5 Å². The van der Waals surface area contributed by atoms with Gasteiger partial charge in [-0.15, -0.1) is 11.3 Å². The van der Waals surface area contributed by atoms with Gasteiger partial charge in [0.1, 0.15) is 17.8 Å². The maximum Gasteiger partial charge on any atom is 0.263 e. The van der Waals surface area contributed by atoms with Gasteiger partial charge in [-0.25, -0.2) is 9.97 Å². The van der Waals surface area contributed by atoms with Crippen LogP contribution in [-0.4, -0.2) is 51.9 Å². The van der Waals surface area contributed by atoms with Crippen LogP contribution in [0, 0.1) is 12.8 Å². The Hall–Kier alpha value is -2.41. The Morgan fingerprint density at radius 3 is 2.96 bits per heavy atom. The standard InChI is InChI=1S/C19H23N5OS/c1-12-7-9-24(19(25)16-5-4-13(2)26-16)10-15(12)23(3)18-14-6-8-20-17(14)21-11-22-18/h4-6,8,11-12,15H,7,9-10H2,1-3H3,(H,20,21,22). The van der Waals surface area contributed by atoms with Crippen LogP contribution >= 0.6 is 11.3 Å². The number of anilines is 1. The van der Waals surface area contributed by atoms with Crippen molar-refractivity contribution in [2.75, 3.05) is 25.0 Å². The van der Waals surface area contributed by atoms with E-state index in [4.69, 9.17) is 0 Å². The number of aryl methyl sites for hydroxylation is 1. The summed E-state index contributed by atoms with van der Waals surface area (Å²) in [6.45, 7) is 5.81. The molecule has 3 aromatic heterocycles. The Balaban J connectivity index is 1.58. The van der Waals surface area contributed by atoms with Gasteiger partial charge >= 0.3 is 0 Å². The molecule has 1 saturated heterocycles. The first-order valence-corrected chi connectivity index (χ1v) is 9.73. The zero-order valence-electron chi connectivity index (χ0n) is 15.3. The zero-order valence-corrected chi connectivity index (χ0v) is 16.1. The molecule has 1 N–H and O–H groups in total. The van der Waals surface area contributed by atoms with E-state index in [1.807, 2.05) is 36.2 Å². The number of nitrogens with zero attached hydrogens (tertiary/aromatic N) is 4. The monoisotopic (exact) mass is 369 g/mol. The second kappa shape index (κ2) is 6.72. The van der Waals surface area contributed by atoms with Crippen molar-refractivity contribution in [3.8, 4) is 0 Å². The van der Waals surface area contributed by atoms with Gasteiger partial charge in [-0.05, 0) is 37.5 Å². The topological polar surface area (TPSA) is 65.1 Å². The largest absolute Gasteiger partial charge is 0.354 e. The normalized spacial score (nSPS) is 20.5. The molecule has 4 rings (SSSR count). The van der Waals surface area contributed by atoms with Gasteiger partial charge in [0.25, 0.3) is 5.91 Å². The summed E-state index contributed by atoms with van der Waals surface area (Å²) in [4.78, 5) is 31.0. The number of amides is 1. The number of likely N-dealkylation sites (N-methyl/N-ethyl adjacent to an activating group) is 1. The van der Waals surface area contributed by atoms with Crippen molar-refractivity contribution in [1.29, 1.82) is 0 Å². The van der Waals surface area contributed by atoms with Crippen LogP contribution in [0.2, 0.25) is 0 Å². The van der Waals surface area contributed by atoms with Gasteiger partial charge in [0.2, 0.25) is 0 Å². The fraction of sp³-hybridized carbons (Fsp3) is 0.421. The summed E-state index contributed by atoms with van der Waals surface area (Å²) in [5.74, 6) is 1.54. The van der Waals surface area contributed by atoms with Crippen LogP contribution in [-0.2, 0) is 0 Å². The van der Waals surface area contributed by atoms with Crippen LogP contribution in [0.25, 0.3) is 11.0 Å². The Morgan fingerprint density at radius 1 is 1.35 bits per heavy atom. The van der Waals surface area contributed by atoms with Crippen molar-refractivity contribution < 1.29 is 4.79 Å². The summed E-state index contributed by atoms with van der Waals surface area (Å²) >= 11 is 1.57. The molecule has 0 saturated carbocycles. The maximum absolute atomic E-state index is 12.9. The number of hydrogen-bond donors (Lipinski definition) is 1. The zero-order chi connectivity index (χ0) is 18.3. The van der Waals surface area contributed by atoms with E-state index in [0.29, 0.717) is 12.5 Å². The molecule has 0 radical (unpaired) electrons. The van der Waals surface area contributed by atoms with Gasteiger partial charge in [-0.3, -0.25) is 4.79 Å². The average Bonchev–Trinajstić information content (AvgIpc) is 3.29. The molecule has 2 atom stereocenters. The number of likely N-dealkylation sites (tertiary alicyclic amines) is 1. The number of piperidine rings is 1. The average molecular weight is 369 g/mol. The molecular formula is C19H23N5OS. The van der Waals surface area contributed by atoms with Crippen LogP contribution in [0.1, 0.15) is 27.9 Å². The SMILES string of the molecule is Cc1ccc(C(=O)N2CCC(C)C(N(C)c3ncnc4[nH]ccc34)C2)s1. The Labute approximate surface area is 156 Å². The van der Waals surface area contributed by atoms with Gasteiger partial charge < -0.3 is 14.8 Å². The second-order valence-electron chi connectivity index (χ2n) is 7.04. The van der Waals surface area contributed by atoms with Crippen LogP contribution < -0.4 is 4.90 Å². The third-order valence-corrected chi connectivity index (χ3v) is 6.31. The number of aromatic amines is 1. The van der Waals surface area contributed by atoms with Crippen LogP contribution in [0.15, 0.2) is 30.7 Å². The number of carbonyl (C=O) groups excluding carboxylic acids is 1. The lowest BCUT2D eigenvalue weighted by atomic mass is 9.92. The maximum atomic E-state index is 12.9. The Bertz CT molecular complexity index is 933. The van der Waals surface area contributed by atoms with E-state index in [9.17, 15) is 4.79 Å². The molecule has 136 valence electrons. The highest BCUT2D eigenvalue weighted by atomic mass is 32.1. The smallest absolute Gasteiger partial charge is 0.263 e. The lowest BCUT2D eigenvalue weighted by Crippen LogP contribution is -2.52. The molecule has 1 amide bonds. The number of fused-ring (bicyclic) bond motifs is 1. The molecule has 4 heterocycles. The van der Waals surface area contributed by atoms with Crippen molar-refractivity contribution in [3.63, 3.8) is 0 Å². The predicted molar refractivity (Wildman–Crippen MR) is 105 cm³/mol. The van der Waals surface area contributed by atoms with E-state index in [-0.39, 0.29) is 11.9 Å². The highest BCUT2D eigenvalue weighted by Crippen LogP contribution is 2.29. The van der Waals surface area contributed by atoms with Crippen LogP contribution in [0.3, 0.4) is 0 Å². The first-order chi connectivity index (χ1) is 12.5. The van der Waals surface area contributed by atoms with Gasteiger partial charge in [0, 0.05) is 31.2 Å². The summed E-state index contributed by atoms with van der Waals surface area (Å²) in [5, 5.41) is 1.01. The van der Waals surface area contributed by atoms with Gasteiger partial charge in [0.15, 0.2) is 0 Å². The van der Waals surface area contributed by atoms with E-state index in [1.54, 1.807) is 17.7 Å². The van der Waals surface area contributed by atoms with E-state index < -0.39 is 0 Å². The van der Waals surface area contributed by atoms with Crippen molar-refractivity contribution in [2.24, 2.45) is 5.92 Å². The summed E-state index contributed by atoms with van der Waals surface area (Å²) in [7, 11) is 2.07. The highest BCUT2D eigenvalue weighted by molar-refractivity contribution is 7.13. The Morgan fingerprint density at radius 2 is 2.19 bits per heavy atom. The van der Waals surface area contributed by atoms with E-state index >= 15 is 0 Å². The van der Waals surface area contributed by atoms with Crippen LogP contribution in [0.5, 0.6) is 0 Å². The number of hydrogen-bond acceptors (Lipinski definition) is 5. The quantitative estimate of drug-likeness (QED) is 0.769. The molecule has 0 bridgehead atoms. The van der Waals surface area contributed by atoms with E-state index in [0.717, 1.165) is 34.7 Å². The third kappa shape index (κ3) is 2.96. The molecule has 1 fully saturated rings. The third-order valence-electron chi connectivity index (χ3n) is 5.32. The number of rotatable bonds is 3. The molecular weight excluding hydrogens is 346 g/mol. The molecule has 1 aliphatic rings. The predicted octanol–water partition coefficient (Wildman–Crippen LogP) is 3.31. The molecule has 6 nitrogen and oxygen atoms in total. The van der Waals surface area contributed by atoms with Gasteiger partial charge in [0.05, 0.1) is 16.3 Å². The van der Waals surface area contributed by atoms with Crippen molar-refractivity contribution in [1.82, 2.24) is 19.9 Å². The summed E-state index contributed by atoms with van der Waals surface area (Å²) < 4.78 is 0. The van der Waals surface area contributed by atoms with Crippen LogP contribution in [0.4, 0.5) is 5.82 Å². The lowest BCUT2D eigenvalue weighted by Gasteiger charge is -2.42. The minimum atomic E-state index is 0.142. The minimum Gasteiger partial charge on any atom is -0.354 e. The first-order valence-electron chi connectivity index (χ1n) is 8.91. The lowest BCUT2D eigenvalue weighted by molar-refractivity contribution is 0.0675. The molecule has 1 aliphatic heterocycles. The molecule has 26 heavy (non-hydrogen) atoms. The molecule has 0 spiro atoms. The minimum absolute atomic E-state index is 0.142. The fourth-order valence-corrected chi connectivity index (χ4v) is 4.58. The Kier molecular flexibility index (Phi) is 4.40. The summed E-state index contributed by atoms with van der Waals surface area (Å²) in [5.41, 5.74) is 0.840.